The molecule has 1 aromatic carbocycles. The molecule has 0 atom stereocenters. The van der Waals surface area contributed by atoms with Crippen LogP contribution in [0, 0.1) is 5.82 Å². The molecule has 0 unspecified atom stereocenters. The number of imidazole rings is 1. The van der Waals surface area contributed by atoms with Crippen LogP contribution >= 0.6 is 0 Å². The lowest BCUT2D eigenvalue weighted by Crippen LogP contribution is -2.17. The molecule has 90 valence electrons. The Bertz CT molecular complexity index is 850. The van der Waals surface area contributed by atoms with Crippen molar-refractivity contribution in [3.63, 3.8) is 0 Å². The molecule has 0 bridgehead atoms. The van der Waals surface area contributed by atoms with Crippen LogP contribution < -0.4 is 11.4 Å². The van der Waals surface area contributed by atoms with Crippen molar-refractivity contribution in [2.24, 2.45) is 5.73 Å². The summed E-state index contributed by atoms with van der Waals surface area (Å²) in [5, 5.41) is 0. The normalized spacial score (nSPS) is 11.2. The van der Waals surface area contributed by atoms with E-state index in [2.05, 4.69) is 4.98 Å². The number of hydrogen-bond acceptors (Lipinski definition) is 4. The number of aromatic nitrogens is 2. The lowest BCUT2D eigenvalue weighted by molar-refractivity contribution is 0.0990. The number of amides is 1. The number of carbonyl (C=O) groups excluding carboxylic acids is 1. The third kappa shape index (κ3) is 1.30. The minimum Gasteiger partial charge on any atom is -0.420 e. The van der Waals surface area contributed by atoms with E-state index >= 15 is 0 Å². The highest BCUT2D eigenvalue weighted by atomic mass is 19.1. The Morgan fingerprint density at radius 3 is 2.89 bits per heavy atom. The SMILES string of the molecule is NC(=O)c1ncc2c(=O)oc3ccc(F)cc3n12. The zero-order chi connectivity index (χ0) is 12.9. The Morgan fingerprint density at radius 1 is 1.39 bits per heavy atom. The number of rotatable bonds is 1. The van der Waals surface area contributed by atoms with Crippen LogP contribution in [0.2, 0.25) is 0 Å². The van der Waals surface area contributed by atoms with E-state index in [1.807, 2.05) is 0 Å². The molecule has 2 N–H and O–H groups in total. The lowest BCUT2D eigenvalue weighted by Gasteiger charge is -2.02. The number of fused-ring (bicyclic) bond motifs is 3. The van der Waals surface area contributed by atoms with Crippen molar-refractivity contribution in [3.8, 4) is 0 Å². The highest BCUT2D eigenvalue weighted by Crippen LogP contribution is 2.17. The molecule has 6 nitrogen and oxygen atoms in total. The van der Waals surface area contributed by atoms with Crippen molar-refractivity contribution in [2.75, 3.05) is 0 Å². The van der Waals surface area contributed by atoms with E-state index in [4.69, 9.17) is 10.2 Å². The summed E-state index contributed by atoms with van der Waals surface area (Å²) in [6.07, 6.45) is 1.16. The van der Waals surface area contributed by atoms with Gasteiger partial charge in [-0.25, -0.2) is 14.2 Å². The van der Waals surface area contributed by atoms with Crippen LogP contribution in [-0.2, 0) is 0 Å². The van der Waals surface area contributed by atoms with Gasteiger partial charge in [-0.3, -0.25) is 9.20 Å². The van der Waals surface area contributed by atoms with E-state index in [0.29, 0.717) is 0 Å². The molecule has 0 aliphatic heterocycles. The monoisotopic (exact) mass is 247 g/mol. The zero-order valence-electron chi connectivity index (χ0n) is 8.88. The van der Waals surface area contributed by atoms with Crippen LogP contribution in [0.1, 0.15) is 10.6 Å². The van der Waals surface area contributed by atoms with Crippen LogP contribution in [0.3, 0.4) is 0 Å². The van der Waals surface area contributed by atoms with Gasteiger partial charge < -0.3 is 10.2 Å². The summed E-state index contributed by atoms with van der Waals surface area (Å²) >= 11 is 0. The fraction of sp³-hybridized carbons (Fsp3) is 0. The molecular formula is C11H6FN3O3. The average molecular weight is 247 g/mol. The molecule has 2 aromatic heterocycles. The van der Waals surface area contributed by atoms with E-state index < -0.39 is 17.3 Å². The molecule has 0 saturated heterocycles. The average Bonchev–Trinajstić information content (AvgIpc) is 2.76. The molecule has 1 amide bonds. The van der Waals surface area contributed by atoms with Crippen molar-refractivity contribution >= 4 is 22.5 Å². The third-order valence-electron chi connectivity index (χ3n) is 2.56. The molecule has 0 aliphatic rings. The summed E-state index contributed by atoms with van der Waals surface area (Å²) in [7, 11) is 0. The van der Waals surface area contributed by atoms with Gasteiger partial charge in [-0.2, -0.15) is 0 Å². The van der Waals surface area contributed by atoms with E-state index in [0.717, 1.165) is 18.3 Å². The maximum Gasteiger partial charge on any atom is 0.362 e. The third-order valence-corrected chi connectivity index (χ3v) is 2.56. The zero-order valence-corrected chi connectivity index (χ0v) is 8.88. The van der Waals surface area contributed by atoms with E-state index in [1.54, 1.807) is 0 Å². The van der Waals surface area contributed by atoms with Crippen molar-refractivity contribution < 1.29 is 13.6 Å². The Morgan fingerprint density at radius 2 is 2.17 bits per heavy atom. The van der Waals surface area contributed by atoms with Crippen molar-refractivity contribution in [2.45, 2.75) is 0 Å². The number of hydrogen-bond donors (Lipinski definition) is 1. The second-order valence-corrected chi connectivity index (χ2v) is 3.67. The minimum atomic E-state index is -0.814. The Labute approximate surface area is 98.4 Å². The highest BCUT2D eigenvalue weighted by molar-refractivity contribution is 5.92. The first-order chi connectivity index (χ1) is 8.58. The predicted molar refractivity (Wildman–Crippen MR) is 59.7 cm³/mol. The highest BCUT2D eigenvalue weighted by Gasteiger charge is 2.16. The van der Waals surface area contributed by atoms with Crippen LogP contribution in [0.25, 0.3) is 16.6 Å². The maximum absolute atomic E-state index is 13.2. The molecule has 0 radical (unpaired) electrons. The van der Waals surface area contributed by atoms with Gasteiger partial charge in [0.15, 0.2) is 11.1 Å². The summed E-state index contributed by atoms with van der Waals surface area (Å²) in [6.45, 7) is 0. The minimum absolute atomic E-state index is 0.0295. The van der Waals surface area contributed by atoms with Crippen molar-refractivity contribution in [3.05, 3.63) is 46.5 Å². The molecule has 7 heteroatoms. The molecule has 0 saturated carbocycles. The fourth-order valence-electron chi connectivity index (χ4n) is 1.82. The summed E-state index contributed by atoms with van der Waals surface area (Å²) in [4.78, 5) is 26.6. The molecular weight excluding hydrogens is 241 g/mol. The first-order valence-corrected chi connectivity index (χ1v) is 4.97. The van der Waals surface area contributed by atoms with Gasteiger partial charge in [0, 0.05) is 6.07 Å². The van der Waals surface area contributed by atoms with Gasteiger partial charge in [0.1, 0.15) is 5.82 Å². The quantitative estimate of drug-likeness (QED) is 0.684. The van der Waals surface area contributed by atoms with Crippen LogP contribution in [0.5, 0.6) is 0 Å². The number of benzene rings is 1. The van der Waals surface area contributed by atoms with Gasteiger partial charge in [-0.15, -0.1) is 0 Å². The van der Waals surface area contributed by atoms with Gasteiger partial charge >= 0.3 is 5.63 Å². The van der Waals surface area contributed by atoms with E-state index in [1.165, 1.54) is 10.5 Å². The van der Waals surface area contributed by atoms with Gasteiger partial charge in [-0.05, 0) is 12.1 Å². The van der Waals surface area contributed by atoms with Gasteiger partial charge in [0.25, 0.3) is 5.91 Å². The molecule has 0 aliphatic carbocycles. The molecule has 18 heavy (non-hydrogen) atoms. The van der Waals surface area contributed by atoms with Crippen molar-refractivity contribution in [1.29, 1.82) is 0 Å². The Balaban J connectivity index is 2.64. The summed E-state index contributed by atoms with van der Waals surface area (Å²) in [5.74, 6) is -1.48. The molecule has 3 aromatic rings. The van der Waals surface area contributed by atoms with Crippen LogP contribution in [0.4, 0.5) is 4.39 Å². The fourth-order valence-corrected chi connectivity index (χ4v) is 1.82. The number of nitrogens with two attached hydrogens (primary N) is 1. The standard InChI is InChI=1S/C11H6FN3O3/c12-5-1-2-8-6(3-5)15-7(11(17)18-8)4-14-10(15)9(13)16/h1-4H,(H2,13,16). The Hall–Kier alpha value is -2.70. The second kappa shape index (κ2) is 3.39. The molecule has 0 fully saturated rings. The van der Waals surface area contributed by atoms with Gasteiger partial charge in [0.2, 0.25) is 5.82 Å². The molecule has 0 spiro atoms. The largest absolute Gasteiger partial charge is 0.420 e. The number of halogens is 1. The first-order valence-electron chi connectivity index (χ1n) is 4.97. The summed E-state index contributed by atoms with van der Waals surface area (Å²) < 4.78 is 19.4. The van der Waals surface area contributed by atoms with E-state index in [9.17, 15) is 14.0 Å². The molecule has 3 rings (SSSR count). The summed E-state index contributed by atoms with van der Waals surface area (Å²) in [5.41, 5.74) is 4.88. The number of primary amides is 1. The number of carbonyl (C=O) groups is 1. The van der Waals surface area contributed by atoms with E-state index in [-0.39, 0.29) is 22.4 Å². The van der Waals surface area contributed by atoms with Crippen LogP contribution in [-0.4, -0.2) is 15.3 Å². The molecule has 2 heterocycles. The first kappa shape index (κ1) is 10.5. The second-order valence-electron chi connectivity index (χ2n) is 3.67. The van der Waals surface area contributed by atoms with Gasteiger partial charge in [0.05, 0.1) is 11.7 Å². The predicted octanol–water partition coefficient (Wildman–Crippen LogP) is 0.679. The van der Waals surface area contributed by atoms with Crippen molar-refractivity contribution in [1.82, 2.24) is 9.38 Å². The smallest absolute Gasteiger partial charge is 0.362 e. The Kier molecular flexibility index (Phi) is 1.97. The number of nitrogens with zero attached hydrogens (tertiary/aromatic N) is 2. The lowest BCUT2D eigenvalue weighted by atomic mass is 10.3. The topological polar surface area (TPSA) is 90.6 Å². The van der Waals surface area contributed by atoms with Crippen LogP contribution in [0.15, 0.2) is 33.6 Å². The van der Waals surface area contributed by atoms with Gasteiger partial charge in [-0.1, -0.05) is 0 Å². The summed E-state index contributed by atoms with van der Waals surface area (Å²) in [6, 6.07) is 3.59. The maximum atomic E-state index is 13.2.